The van der Waals surface area contributed by atoms with E-state index in [1.165, 1.54) is 19.3 Å². The highest BCUT2D eigenvalue weighted by Gasteiger charge is 2.50. The lowest BCUT2D eigenvalue weighted by atomic mass is 9.85. The number of piperidine rings is 1. The molecule has 3 rings (SSSR count). The number of hydrogen-bond donors (Lipinski definition) is 1. The largest absolute Gasteiger partial charge is 0.492 e. The molecule has 0 aliphatic carbocycles. The molecule has 2 saturated heterocycles. The van der Waals surface area contributed by atoms with E-state index in [1.807, 2.05) is 0 Å². The van der Waals surface area contributed by atoms with Crippen LogP contribution in [0.3, 0.4) is 0 Å². The molecule has 16 heavy (non-hydrogen) atoms. The first kappa shape index (κ1) is 10.0. The minimum Gasteiger partial charge on any atom is -0.492 e. The van der Waals surface area contributed by atoms with Crippen molar-refractivity contribution in [2.24, 2.45) is 0 Å². The molecule has 2 atom stereocenters. The van der Waals surface area contributed by atoms with Gasteiger partial charge in [0.1, 0.15) is 5.69 Å². The predicted molar refractivity (Wildman–Crippen MR) is 60.0 cm³/mol. The van der Waals surface area contributed by atoms with Gasteiger partial charge in [0.05, 0.1) is 5.54 Å². The molecular formula is C12H17N3O. The summed E-state index contributed by atoms with van der Waals surface area (Å²) < 4.78 is 0. The second-order valence-corrected chi connectivity index (χ2v) is 4.96. The van der Waals surface area contributed by atoms with Crippen LogP contribution in [0.25, 0.3) is 0 Å². The fourth-order valence-electron chi connectivity index (χ4n) is 3.46. The van der Waals surface area contributed by atoms with E-state index in [0.717, 1.165) is 18.5 Å². The molecule has 0 radical (unpaired) electrons. The Hall–Kier alpha value is -1.16. The van der Waals surface area contributed by atoms with Gasteiger partial charge in [0.25, 0.3) is 0 Å². The summed E-state index contributed by atoms with van der Waals surface area (Å²) in [5.41, 5.74) is 0.723. The first-order chi connectivity index (χ1) is 7.74. The van der Waals surface area contributed by atoms with Gasteiger partial charge in [0.2, 0.25) is 5.88 Å². The third-order valence-corrected chi connectivity index (χ3v) is 4.36. The standard InChI is InChI=1S/C12H17N3O/c1-15-9-3-2-5-12(15,6-4-9)10-11(16)14-8-7-13-10/h7-9H,2-6H2,1H3,(H,14,16). The van der Waals surface area contributed by atoms with Gasteiger partial charge in [-0.15, -0.1) is 0 Å². The summed E-state index contributed by atoms with van der Waals surface area (Å²) in [6, 6.07) is 0.662. The third kappa shape index (κ3) is 1.19. The van der Waals surface area contributed by atoms with Crippen molar-refractivity contribution in [1.29, 1.82) is 0 Å². The van der Waals surface area contributed by atoms with E-state index >= 15 is 0 Å². The van der Waals surface area contributed by atoms with Crippen molar-refractivity contribution in [3.05, 3.63) is 18.1 Å². The molecule has 0 amide bonds. The Morgan fingerprint density at radius 3 is 2.94 bits per heavy atom. The van der Waals surface area contributed by atoms with E-state index < -0.39 is 0 Å². The van der Waals surface area contributed by atoms with E-state index in [1.54, 1.807) is 12.4 Å². The second kappa shape index (κ2) is 3.42. The second-order valence-electron chi connectivity index (χ2n) is 4.96. The third-order valence-electron chi connectivity index (χ3n) is 4.36. The molecule has 1 aromatic heterocycles. The lowest BCUT2D eigenvalue weighted by molar-refractivity contribution is 0.0736. The van der Waals surface area contributed by atoms with Crippen molar-refractivity contribution >= 4 is 0 Å². The van der Waals surface area contributed by atoms with Gasteiger partial charge < -0.3 is 5.11 Å². The topological polar surface area (TPSA) is 49.2 Å². The number of rotatable bonds is 1. The van der Waals surface area contributed by atoms with Gasteiger partial charge in [-0.2, -0.15) is 0 Å². The summed E-state index contributed by atoms with van der Waals surface area (Å²) in [5.74, 6) is 0.108. The zero-order valence-corrected chi connectivity index (χ0v) is 9.56. The molecule has 86 valence electrons. The van der Waals surface area contributed by atoms with Crippen LogP contribution in [-0.4, -0.2) is 33.1 Å². The number of aromatic hydroxyl groups is 1. The maximum absolute atomic E-state index is 9.90. The van der Waals surface area contributed by atoms with E-state index in [0.29, 0.717) is 6.04 Å². The molecule has 1 aromatic rings. The maximum atomic E-state index is 9.90. The van der Waals surface area contributed by atoms with Crippen LogP contribution < -0.4 is 0 Å². The van der Waals surface area contributed by atoms with Crippen molar-refractivity contribution in [2.45, 2.75) is 43.7 Å². The molecule has 0 saturated carbocycles. The Morgan fingerprint density at radius 1 is 1.31 bits per heavy atom. The quantitative estimate of drug-likeness (QED) is 0.780. The van der Waals surface area contributed by atoms with Gasteiger partial charge in [-0.25, -0.2) is 4.98 Å². The van der Waals surface area contributed by atoms with Crippen molar-refractivity contribution in [2.75, 3.05) is 7.05 Å². The number of aromatic nitrogens is 2. The highest BCUT2D eigenvalue weighted by Crippen LogP contribution is 2.50. The molecule has 2 unspecified atom stereocenters. The molecule has 4 nitrogen and oxygen atoms in total. The van der Waals surface area contributed by atoms with Crippen LogP contribution in [0.4, 0.5) is 0 Å². The van der Waals surface area contributed by atoms with E-state index in [-0.39, 0.29) is 11.4 Å². The number of hydrogen-bond acceptors (Lipinski definition) is 4. The summed E-state index contributed by atoms with van der Waals surface area (Å²) in [4.78, 5) is 10.7. The van der Waals surface area contributed by atoms with Crippen LogP contribution in [0, 0.1) is 0 Å². The number of nitrogens with zero attached hydrogens (tertiary/aromatic N) is 3. The minimum absolute atomic E-state index is 0.0543. The highest BCUT2D eigenvalue weighted by atomic mass is 16.3. The molecule has 2 bridgehead atoms. The molecule has 1 N–H and O–H groups in total. The molecule has 0 spiro atoms. The zero-order valence-electron chi connectivity index (χ0n) is 9.56. The normalized spacial score (nSPS) is 34.2. The monoisotopic (exact) mass is 219 g/mol. The van der Waals surface area contributed by atoms with E-state index in [9.17, 15) is 5.11 Å². The maximum Gasteiger partial charge on any atom is 0.235 e. The Labute approximate surface area is 95.3 Å². The Morgan fingerprint density at radius 2 is 2.12 bits per heavy atom. The van der Waals surface area contributed by atoms with Crippen molar-refractivity contribution in [1.82, 2.24) is 14.9 Å². The van der Waals surface area contributed by atoms with Crippen LogP contribution in [0.2, 0.25) is 0 Å². The fraction of sp³-hybridized carbons (Fsp3) is 0.667. The molecule has 4 heteroatoms. The first-order valence-corrected chi connectivity index (χ1v) is 5.97. The molecule has 2 fully saturated rings. The van der Waals surface area contributed by atoms with Gasteiger partial charge in [-0.05, 0) is 39.2 Å². The van der Waals surface area contributed by atoms with Crippen molar-refractivity contribution in [3.63, 3.8) is 0 Å². The molecule has 2 aliphatic rings. The Bertz CT molecular complexity index is 405. The van der Waals surface area contributed by atoms with E-state index in [4.69, 9.17) is 0 Å². The lowest BCUT2D eigenvalue weighted by Gasteiger charge is -2.41. The Kier molecular flexibility index (Phi) is 2.14. The van der Waals surface area contributed by atoms with Crippen LogP contribution in [-0.2, 0) is 5.54 Å². The summed E-state index contributed by atoms with van der Waals surface area (Å²) >= 11 is 0. The van der Waals surface area contributed by atoms with E-state index in [2.05, 4.69) is 21.9 Å². The summed E-state index contributed by atoms with van der Waals surface area (Å²) in [5, 5.41) is 9.90. The summed E-state index contributed by atoms with van der Waals surface area (Å²) in [6.45, 7) is 0. The van der Waals surface area contributed by atoms with Gasteiger partial charge >= 0.3 is 0 Å². The fourth-order valence-corrected chi connectivity index (χ4v) is 3.46. The average molecular weight is 219 g/mol. The highest BCUT2D eigenvalue weighted by molar-refractivity contribution is 5.28. The SMILES string of the molecule is CN1C2CCCC1(c1nccnc1O)CC2. The molecule has 0 aromatic carbocycles. The zero-order chi connectivity index (χ0) is 11.2. The average Bonchev–Trinajstić information content (AvgIpc) is 2.52. The summed E-state index contributed by atoms with van der Waals surface area (Å²) in [6.07, 6.45) is 9.13. The van der Waals surface area contributed by atoms with Gasteiger partial charge in [-0.3, -0.25) is 9.88 Å². The van der Waals surface area contributed by atoms with Crippen LogP contribution >= 0.6 is 0 Å². The van der Waals surface area contributed by atoms with Crippen LogP contribution in [0.1, 0.15) is 37.8 Å². The van der Waals surface area contributed by atoms with Crippen molar-refractivity contribution < 1.29 is 5.11 Å². The van der Waals surface area contributed by atoms with Gasteiger partial charge in [0.15, 0.2) is 0 Å². The summed E-state index contributed by atoms with van der Waals surface area (Å²) in [7, 11) is 2.16. The smallest absolute Gasteiger partial charge is 0.235 e. The van der Waals surface area contributed by atoms with Crippen LogP contribution in [0.5, 0.6) is 5.88 Å². The van der Waals surface area contributed by atoms with Crippen molar-refractivity contribution in [3.8, 4) is 5.88 Å². The lowest BCUT2D eigenvalue weighted by Crippen LogP contribution is -2.46. The predicted octanol–water partition coefficient (Wildman–Crippen LogP) is 1.66. The minimum atomic E-state index is -0.0543. The molecule has 2 aliphatic heterocycles. The van der Waals surface area contributed by atoms with Gasteiger partial charge in [-0.1, -0.05) is 0 Å². The van der Waals surface area contributed by atoms with Gasteiger partial charge in [0, 0.05) is 18.4 Å². The first-order valence-electron chi connectivity index (χ1n) is 5.97. The number of fused-ring (bicyclic) bond motifs is 2. The molecular weight excluding hydrogens is 202 g/mol. The Balaban J connectivity index is 2.08. The molecule has 3 heterocycles. The van der Waals surface area contributed by atoms with Crippen LogP contribution in [0.15, 0.2) is 12.4 Å².